The molecule has 0 aliphatic heterocycles. The Morgan fingerprint density at radius 2 is 2.17 bits per heavy atom. The van der Waals surface area contributed by atoms with Crippen molar-refractivity contribution in [2.24, 2.45) is 7.05 Å². The molecule has 1 aromatic heterocycles. The zero-order valence-corrected chi connectivity index (χ0v) is 13.4. The standard InChI is InChI=1S/C17H21N3O3/c1-20-15(12-7-3-4-8-13(12)19-20)17(22)18-10-11-6-5-9-14(23-2)16(11)21/h5-6,9,21H,3-4,7-8,10H2,1-2H3,(H,18,22). The van der Waals surface area contributed by atoms with Crippen molar-refractivity contribution in [2.45, 2.75) is 32.2 Å². The molecule has 23 heavy (non-hydrogen) atoms. The number of phenols is 1. The summed E-state index contributed by atoms with van der Waals surface area (Å²) in [5.74, 6) is 0.294. The van der Waals surface area contributed by atoms with Crippen LogP contribution >= 0.6 is 0 Å². The first kappa shape index (κ1) is 15.4. The molecular weight excluding hydrogens is 294 g/mol. The van der Waals surface area contributed by atoms with E-state index >= 15 is 0 Å². The first-order valence-electron chi connectivity index (χ1n) is 7.79. The molecule has 6 nitrogen and oxygen atoms in total. The number of amides is 1. The molecule has 0 saturated heterocycles. The number of methoxy groups -OCH3 is 1. The van der Waals surface area contributed by atoms with E-state index in [-0.39, 0.29) is 18.2 Å². The molecule has 0 atom stereocenters. The fourth-order valence-electron chi connectivity index (χ4n) is 3.10. The summed E-state index contributed by atoms with van der Waals surface area (Å²) in [5.41, 5.74) is 3.34. The molecule has 1 aliphatic rings. The summed E-state index contributed by atoms with van der Waals surface area (Å²) in [5, 5.41) is 17.4. The summed E-state index contributed by atoms with van der Waals surface area (Å²) in [7, 11) is 3.30. The molecule has 0 unspecified atom stereocenters. The lowest BCUT2D eigenvalue weighted by atomic mass is 9.95. The predicted octanol–water partition coefficient (Wildman–Crippen LogP) is 1.94. The van der Waals surface area contributed by atoms with Gasteiger partial charge in [-0.1, -0.05) is 12.1 Å². The molecule has 122 valence electrons. The molecule has 1 heterocycles. The van der Waals surface area contributed by atoms with Crippen molar-refractivity contribution in [3.8, 4) is 11.5 Å². The second-order valence-corrected chi connectivity index (χ2v) is 5.76. The number of ether oxygens (including phenoxy) is 1. The molecule has 0 spiro atoms. The zero-order chi connectivity index (χ0) is 16.4. The van der Waals surface area contributed by atoms with Gasteiger partial charge in [0.05, 0.1) is 12.8 Å². The lowest BCUT2D eigenvalue weighted by Crippen LogP contribution is -2.26. The molecule has 3 rings (SSSR count). The van der Waals surface area contributed by atoms with Crippen LogP contribution in [0.3, 0.4) is 0 Å². The maximum atomic E-state index is 12.6. The third-order valence-electron chi connectivity index (χ3n) is 4.28. The van der Waals surface area contributed by atoms with E-state index in [2.05, 4.69) is 10.4 Å². The third-order valence-corrected chi connectivity index (χ3v) is 4.28. The van der Waals surface area contributed by atoms with E-state index < -0.39 is 0 Å². The van der Waals surface area contributed by atoms with Crippen LogP contribution in [0.2, 0.25) is 0 Å². The molecule has 0 radical (unpaired) electrons. The number of nitrogens with one attached hydrogen (secondary N) is 1. The quantitative estimate of drug-likeness (QED) is 0.904. The molecule has 0 bridgehead atoms. The van der Waals surface area contributed by atoms with Gasteiger partial charge in [-0.05, 0) is 31.7 Å². The first-order chi connectivity index (χ1) is 11.1. The minimum atomic E-state index is -0.162. The van der Waals surface area contributed by atoms with Gasteiger partial charge in [0, 0.05) is 24.7 Å². The van der Waals surface area contributed by atoms with Crippen LogP contribution in [-0.4, -0.2) is 27.9 Å². The van der Waals surface area contributed by atoms with Crippen LogP contribution in [0.4, 0.5) is 0 Å². The van der Waals surface area contributed by atoms with Crippen LogP contribution in [-0.2, 0) is 26.4 Å². The van der Waals surface area contributed by atoms with Gasteiger partial charge in [0.2, 0.25) is 0 Å². The summed E-state index contributed by atoms with van der Waals surface area (Å²) in [4.78, 5) is 12.6. The van der Waals surface area contributed by atoms with Crippen molar-refractivity contribution in [1.29, 1.82) is 0 Å². The number of para-hydroxylation sites is 1. The van der Waals surface area contributed by atoms with Gasteiger partial charge in [0.1, 0.15) is 5.69 Å². The number of aryl methyl sites for hydroxylation is 2. The molecule has 2 N–H and O–H groups in total. The predicted molar refractivity (Wildman–Crippen MR) is 85.7 cm³/mol. The highest BCUT2D eigenvalue weighted by Crippen LogP contribution is 2.29. The van der Waals surface area contributed by atoms with E-state index in [1.54, 1.807) is 29.9 Å². The Morgan fingerprint density at radius 3 is 2.96 bits per heavy atom. The Hall–Kier alpha value is -2.50. The van der Waals surface area contributed by atoms with Crippen LogP contribution in [0, 0.1) is 0 Å². The maximum Gasteiger partial charge on any atom is 0.270 e. The topological polar surface area (TPSA) is 76.4 Å². The van der Waals surface area contributed by atoms with E-state index in [9.17, 15) is 9.90 Å². The average Bonchev–Trinajstić information content (AvgIpc) is 2.89. The monoisotopic (exact) mass is 315 g/mol. The summed E-state index contributed by atoms with van der Waals surface area (Å²) in [6.07, 6.45) is 4.06. The van der Waals surface area contributed by atoms with Crippen LogP contribution in [0.15, 0.2) is 18.2 Å². The lowest BCUT2D eigenvalue weighted by Gasteiger charge is -2.12. The summed E-state index contributed by atoms with van der Waals surface area (Å²) < 4.78 is 6.74. The number of aromatic hydroxyl groups is 1. The third kappa shape index (κ3) is 2.88. The number of fused-ring (bicyclic) bond motifs is 1. The smallest absolute Gasteiger partial charge is 0.270 e. The SMILES string of the molecule is COc1cccc(CNC(=O)c2c3c(nn2C)CCCC3)c1O. The summed E-state index contributed by atoms with van der Waals surface area (Å²) in [6.45, 7) is 0.238. The van der Waals surface area contributed by atoms with Gasteiger partial charge in [0.15, 0.2) is 11.5 Å². The van der Waals surface area contributed by atoms with Gasteiger partial charge in [-0.15, -0.1) is 0 Å². The minimum Gasteiger partial charge on any atom is -0.504 e. The second kappa shape index (κ2) is 6.32. The maximum absolute atomic E-state index is 12.6. The molecule has 6 heteroatoms. The Kier molecular flexibility index (Phi) is 4.23. The Bertz CT molecular complexity index is 737. The Labute approximate surface area is 135 Å². The lowest BCUT2D eigenvalue weighted by molar-refractivity contribution is 0.0940. The highest BCUT2D eigenvalue weighted by atomic mass is 16.5. The van der Waals surface area contributed by atoms with E-state index in [1.807, 2.05) is 0 Å². The van der Waals surface area contributed by atoms with Crippen molar-refractivity contribution in [3.05, 3.63) is 40.7 Å². The number of hydrogen-bond donors (Lipinski definition) is 2. The van der Waals surface area contributed by atoms with Gasteiger partial charge < -0.3 is 15.2 Å². The number of nitrogens with zero attached hydrogens (tertiary/aromatic N) is 2. The zero-order valence-electron chi connectivity index (χ0n) is 13.4. The molecule has 1 aromatic carbocycles. The first-order valence-corrected chi connectivity index (χ1v) is 7.79. The van der Waals surface area contributed by atoms with Crippen molar-refractivity contribution in [1.82, 2.24) is 15.1 Å². The molecular formula is C17H21N3O3. The van der Waals surface area contributed by atoms with Crippen LogP contribution in [0.1, 0.15) is 40.2 Å². The van der Waals surface area contributed by atoms with Crippen molar-refractivity contribution < 1.29 is 14.6 Å². The number of carbonyl (C=O) groups excluding carboxylic acids is 1. The van der Waals surface area contributed by atoms with Gasteiger partial charge in [-0.2, -0.15) is 5.10 Å². The number of carbonyl (C=O) groups is 1. The van der Waals surface area contributed by atoms with Crippen molar-refractivity contribution >= 4 is 5.91 Å². The van der Waals surface area contributed by atoms with Crippen LogP contribution in [0.25, 0.3) is 0 Å². The van der Waals surface area contributed by atoms with Crippen molar-refractivity contribution in [2.75, 3.05) is 7.11 Å². The van der Waals surface area contributed by atoms with Crippen LogP contribution < -0.4 is 10.1 Å². The normalized spacial score (nSPS) is 13.5. The van der Waals surface area contributed by atoms with Gasteiger partial charge in [-0.25, -0.2) is 0 Å². The Balaban J connectivity index is 1.77. The summed E-state index contributed by atoms with van der Waals surface area (Å²) >= 11 is 0. The van der Waals surface area contributed by atoms with E-state index in [1.165, 1.54) is 7.11 Å². The van der Waals surface area contributed by atoms with Gasteiger partial charge >= 0.3 is 0 Å². The highest BCUT2D eigenvalue weighted by Gasteiger charge is 2.23. The van der Waals surface area contributed by atoms with Crippen LogP contribution in [0.5, 0.6) is 11.5 Å². The minimum absolute atomic E-state index is 0.0577. The van der Waals surface area contributed by atoms with Crippen molar-refractivity contribution in [3.63, 3.8) is 0 Å². The number of rotatable bonds is 4. The largest absolute Gasteiger partial charge is 0.504 e. The Morgan fingerprint density at radius 1 is 1.39 bits per heavy atom. The number of aromatic nitrogens is 2. The number of benzene rings is 1. The molecule has 0 fully saturated rings. The van der Waals surface area contributed by atoms with E-state index in [0.29, 0.717) is 17.0 Å². The highest BCUT2D eigenvalue weighted by molar-refractivity contribution is 5.94. The molecule has 1 amide bonds. The van der Waals surface area contributed by atoms with E-state index in [4.69, 9.17) is 4.74 Å². The number of hydrogen-bond acceptors (Lipinski definition) is 4. The average molecular weight is 315 g/mol. The van der Waals surface area contributed by atoms with E-state index in [0.717, 1.165) is 36.9 Å². The fraction of sp³-hybridized carbons (Fsp3) is 0.412. The summed E-state index contributed by atoms with van der Waals surface area (Å²) in [6, 6.07) is 5.22. The van der Waals surface area contributed by atoms with Gasteiger partial charge in [0.25, 0.3) is 5.91 Å². The molecule has 1 aliphatic carbocycles. The fourth-order valence-corrected chi connectivity index (χ4v) is 3.10. The van der Waals surface area contributed by atoms with Gasteiger partial charge in [-0.3, -0.25) is 9.48 Å². The molecule has 0 saturated carbocycles. The number of phenolic OH excluding ortho intramolecular Hbond substituents is 1. The second-order valence-electron chi connectivity index (χ2n) is 5.76. The molecule has 2 aromatic rings.